The maximum absolute atomic E-state index is 15.4. The zero-order valence-electron chi connectivity index (χ0n) is 30.0. The Hall–Kier alpha value is -5.10. The van der Waals surface area contributed by atoms with E-state index in [0.717, 1.165) is 36.8 Å². The largest absolute Gasteiger partial charge is 0.445 e. The average molecular weight is 738 g/mol. The van der Waals surface area contributed by atoms with Crippen LogP contribution in [-0.2, 0) is 26.9 Å². The van der Waals surface area contributed by atoms with Crippen molar-refractivity contribution in [2.45, 2.75) is 76.0 Å². The Morgan fingerprint density at radius 2 is 1.72 bits per heavy atom. The minimum atomic E-state index is -3.55. The summed E-state index contributed by atoms with van der Waals surface area (Å²) < 4.78 is 54.4. The number of carbonyl (C=O) groups excluding carboxylic acids is 1. The van der Waals surface area contributed by atoms with Gasteiger partial charge in [-0.3, -0.25) is 0 Å². The molecule has 2 aromatic heterocycles. The van der Waals surface area contributed by atoms with Crippen molar-refractivity contribution in [3.05, 3.63) is 108 Å². The van der Waals surface area contributed by atoms with Crippen LogP contribution in [0.25, 0.3) is 22.0 Å². The average Bonchev–Trinajstić information content (AvgIpc) is 3.17. The number of carbonyl (C=O) groups is 1. The van der Waals surface area contributed by atoms with Gasteiger partial charge in [-0.15, -0.1) is 0 Å². The zero-order valence-corrected chi connectivity index (χ0v) is 30.8. The first kappa shape index (κ1) is 36.3. The highest BCUT2D eigenvalue weighted by atomic mass is 32.2. The van der Waals surface area contributed by atoms with Crippen molar-refractivity contribution < 1.29 is 27.1 Å². The number of hydrogen-bond donors (Lipinski definition) is 1. The van der Waals surface area contributed by atoms with E-state index >= 15 is 4.39 Å². The number of hydrogen-bond acceptors (Lipinski definition) is 9. The van der Waals surface area contributed by atoms with Crippen molar-refractivity contribution in [1.29, 1.82) is 0 Å². The molecule has 3 heterocycles. The van der Waals surface area contributed by atoms with Crippen molar-refractivity contribution in [3.63, 3.8) is 0 Å². The number of aromatic nitrogens is 3. The van der Waals surface area contributed by atoms with Crippen molar-refractivity contribution in [1.82, 2.24) is 19.9 Å². The fraction of sp³-hybridized carbons (Fsp3) is 0.366. The van der Waals surface area contributed by atoms with Gasteiger partial charge in [0.05, 0.1) is 22.3 Å². The molecule has 1 saturated carbocycles. The Bertz CT molecular complexity index is 2200. The SMILES string of the molecule is Cc1ccc2c(CS(=O)(=O)C3CCCCC3)c(F)ccc2c1Oc1ncccc1-c1ccnc(N[C@H]2C[C@@H](C)CN(C(=O)OCc3ccccc3)C2)n1. The Kier molecular flexibility index (Phi) is 10.9. The van der Waals surface area contributed by atoms with Crippen LogP contribution < -0.4 is 10.1 Å². The van der Waals surface area contributed by atoms with Crippen LogP contribution >= 0.6 is 0 Å². The highest BCUT2D eigenvalue weighted by Crippen LogP contribution is 2.39. The number of nitrogens with one attached hydrogen (secondary N) is 1. The van der Waals surface area contributed by atoms with Crippen LogP contribution in [0.5, 0.6) is 11.6 Å². The molecule has 53 heavy (non-hydrogen) atoms. The monoisotopic (exact) mass is 737 g/mol. The maximum Gasteiger partial charge on any atom is 0.410 e. The first-order valence-corrected chi connectivity index (χ1v) is 20.0. The summed E-state index contributed by atoms with van der Waals surface area (Å²) in [5.74, 6) is 0.466. The number of halogens is 1. The maximum atomic E-state index is 15.4. The smallest absolute Gasteiger partial charge is 0.410 e. The fourth-order valence-electron chi connectivity index (χ4n) is 7.49. The zero-order chi connectivity index (χ0) is 37.0. The molecule has 5 aromatic rings. The molecule has 0 bridgehead atoms. The number of likely N-dealkylation sites (tertiary alicyclic amines) is 1. The molecule has 1 aliphatic carbocycles. The van der Waals surface area contributed by atoms with Crippen molar-refractivity contribution >= 4 is 32.7 Å². The third kappa shape index (κ3) is 8.43. The van der Waals surface area contributed by atoms with E-state index in [0.29, 0.717) is 59.7 Å². The molecule has 3 aromatic carbocycles. The van der Waals surface area contributed by atoms with Gasteiger partial charge < -0.3 is 19.7 Å². The molecule has 7 rings (SSSR count). The van der Waals surface area contributed by atoms with Crippen LogP contribution in [0.4, 0.5) is 15.1 Å². The number of pyridine rings is 1. The summed E-state index contributed by atoms with van der Waals surface area (Å²) in [6.45, 7) is 5.24. The summed E-state index contributed by atoms with van der Waals surface area (Å²) >= 11 is 0. The van der Waals surface area contributed by atoms with Crippen molar-refractivity contribution in [2.24, 2.45) is 5.92 Å². The van der Waals surface area contributed by atoms with E-state index in [1.165, 1.54) is 6.07 Å². The number of amides is 1. The van der Waals surface area contributed by atoms with Gasteiger partial charge in [0.2, 0.25) is 11.8 Å². The highest BCUT2D eigenvalue weighted by Gasteiger charge is 2.31. The number of sulfone groups is 1. The molecule has 0 spiro atoms. The molecule has 2 atom stereocenters. The van der Waals surface area contributed by atoms with Gasteiger partial charge in [-0.25, -0.2) is 32.6 Å². The van der Waals surface area contributed by atoms with E-state index in [1.807, 2.05) is 49.4 Å². The lowest BCUT2D eigenvalue weighted by atomic mass is 9.96. The van der Waals surface area contributed by atoms with Gasteiger partial charge in [0, 0.05) is 42.5 Å². The van der Waals surface area contributed by atoms with Gasteiger partial charge in [-0.2, -0.15) is 0 Å². The lowest BCUT2D eigenvalue weighted by Gasteiger charge is -2.36. The molecule has 2 fully saturated rings. The first-order chi connectivity index (χ1) is 25.6. The molecule has 1 amide bonds. The van der Waals surface area contributed by atoms with Crippen LogP contribution in [0.2, 0.25) is 0 Å². The number of benzene rings is 3. The van der Waals surface area contributed by atoms with Gasteiger partial charge in [-0.05, 0) is 78.9 Å². The molecule has 1 saturated heterocycles. The molecule has 1 N–H and O–H groups in total. The minimum absolute atomic E-state index is 0.0993. The van der Waals surface area contributed by atoms with Gasteiger partial charge >= 0.3 is 6.09 Å². The quantitative estimate of drug-likeness (QED) is 0.150. The van der Waals surface area contributed by atoms with Crippen LogP contribution in [0.15, 0.2) is 85.2 Å². The minimum Gasteiger partial charge on any atom is -0.445 e. The lowest BCUT2D eigenvalue weighted by Crippen LogP contribution is -2.48. The van der Waals surface area contributed by atoms with Crippen LogP contribution in [0.3, 0.4) is 0 Å². The second-order valence-electron chi connectivity index (χ2n) is 14.3. The van der Waals surface area contributed by atoms with Crippen molar-refractivity contribution in [3.8, 4) is 22.9 Å². The number of piperidine rings is 1. The third-order valence-corrected chi connectivity index (χ3v) is 12.3. The normalized spacial score (nSPS) is 18.1. The summed E-state index contributed by atoms with van der Waals surface area (Å²) in [5.41, 5.74) is 3.05. The number of nitrogens with zero attached hydrogens (tertiary/aromatic N) is 4. The van der Waals surface area contributed by atoms with E-state index in [-0.39, 0.29) is 41.9 Å². The highest BCUT2D eigenvalue weighted by molar-refractivity contribution is 7.91. The van der Waals surface area contributed by atoms with Gasteiger partial charge in [0.25, 0.3) is 0 Å². The molecule has 10 nitrogen and oxygen atoms in total. The number of anilines is 1. The summed E-state index contributed by atoms with van der Waals surface area (Å²) in [5, 5.41) is 4.07. The summed E-state index contributed by atoms with van der Waals surface area (Å²) in [6.07, 6.45) is 7.76. The fourth-order valence-corrected chi connectivity index (χ4v) is 9.47. The van der Waals surface area contributed by atoms with Gasteiger partial charge in [0.15, 0.2) is 9.84 Å². The second kappa shape index (κ2) is 15.9. The predicted octanol–water partition coefficient (Wildman–Crippen LogP) is 8.64. The molecular formula is C41H44FN5O5S. The number of fused-ring (bicyclic) bond motifs is 1. The number of ether oxygens (including phenoxy) is 2. The van der Waals surface area contributed by atoms with Crippen molar-refractivity contribution in [2.75, 3.05) is 18.4 Å². The van der Waals surface area contributed by atoms with E-state index in [9.17, 15) is 13.2 Å². The molecule has 2 aliphatic rings. The number of aryl methyl sites for hydroxylation is 1. The summed E-state index contributed by atoms with van der Waals surface area (Å²) in [4.78, 5) is 28.6. The Morgan fingerprint density at radius 1 is 0.925 bits per heavy atom. The van der Waals surface area contributed by atoms with Crippen LogP contribution in [0, 0.1) is 18.7 Å². The molecule has 1 aliphatic heterocycles. The van der Waals surface area contributed by atoms with Crippen LogP contribution in [-0.4, -0.2) is 58.7 Å². The molecular weight excluding hydrogens is 694 g/mol. The topological polar surface area (TPSA) is 124 Å². The Balaban J connectivity index is 1.10. The van der Waals surface area contributed by atoms with Gasteiger partial charge in [0.1, 0.15) is 18.2 Å². The van der Waals surface area contributed by atoms with E-state index in [4.69, 9.17) is 14.5 Å². The van der Waals surface area contributed by atoms with Crippen LogP contribution in [0.1, 0.15) is 62.1 Å². The Morgan fingerprint density at radius 3 is 2.53 bits per heavy atom. The van der Waals surface area contributed by atoms with E-state index in [1.54, 1.807) is 41.6 Å². The lowest BCUT2D eigenvalue weighted by molar-refractivity contribution is 0.0783. The van der Waals surface area contributed by atoms with Gasteiger partial charge in [-0.1, -0.05) is 68.7 Å². The molecule has 0 radical (unpaired) electrons. The summed E-state index contributed by atoms with van der Waals surface area (Å²) in [6, 6.07) is 21.4. The molecule has 276 valence electrons. The molecule has 12 heteroatoms. The predicted molar refractivity (Wildman–Crippen MR) is 203 cm³/mol. The second-order valence-corrected chi connectivity index (χ2v) is 16.5. The van der Waals surface area contributed by atoms with E-state index < -0.39 is 20.9 Å². The molecule has 0 unspecified atom stereocenters. The number of rotatable bonds is 10. The standard InChI is InChI=1S/C41H44FN5O5S/c1-27-22-30(24-47(23-27)41(48)51-25-29-10-5-3-6-11-29)45-40-44-21-19-37(46-40)34-14-9-20-43-39(34)52-38-28(2)15-16-32-33(38)17-18-36(42)35(32)26-53(49,50)31-12-7-4-8-13-31/h3,5-6,9-11,14-21,27,30-31H,4,7-8,12-13,22-26H2,1-2H3,(H,44,45,46)/t27-,30+/m1/s1. The summed E-state index contributed by atoms with van der Waals surface area (Å²) in [7, 11) is -3.55. The first-order valence-electron chi connectivity index (χ1n) is 18.3. The Labute approximate surface area is 309 Å². The third-order valence-electron chi connectivity index (χ3n) is 10.2. The van der Waals surface area contributed by atoms with E-state index in [2.05, 4.69) is 22.2 Å².